The van der Waals surface area contributed by atoms with E-state index in [1.54, 1.807) is 0 Å². The van der Waals surface area contributed by atoms with Gasteiger partial charge < -0.3 is 16.0 Å². The molecule has 0 fully saturated rings. The van der Waals surface area contributed by atoms with Crippen LogP contribution in [0.15, 0.2) is 30.3 Å². The molecule has 162 valence electrons. The summed E-state index contributed by atoms with van der Waals surface area (Å²) in [6.07, 6.45) is 6.16. The number of carbonyl (C=O) groups is 3. The first kappa shape index (κ1) is 25.0. The minimum Gasteiger partial charge on any atom is -0.354 e. The summed E-state index contributed by atoms with van der Waals surface area (Å²) >= 11 is 4.37. The molecule has 0 aliphatic heterocycles. The van der Waals surface area contributed by atoms with Crippen LogP contribution in [0.3, 0.4) is 0 Å². The lowest BCUT2D eigenvalue weighted by atomic mass is 10.1. The number of hydrogen-bond donors (Lipinski definition) is 4. The summed E-state index contributed by atoms with van der Waals surface area (Å²) in [7, 11) is 0. The van der Waals surface area contributed by atoms with Gasteiger partial charge in [-0.3, -0.25) is 14.4 Å². The van der Waals surface area contributed by atoms with E-state index >= 15 is 0 Å². The first-order valence-corrected chi connectivity index (χ1v) is 11.1. The highest BCUT2D eigenvalue weighted by atomic mass is 32.1. The zero-order valence-electron chi connectivity index (χ0n) is 17.6. The maximum atomic E-state index is 12.6. The molecule has 0 spiro atoms. The Labute approximate surface area is 180 Å². The van der Waals surface area contributed by atoms with Crippen LogP contribution in [-0.4, -0.2) is 42.1 Å². The monoisotopic (exact) mass is 421 g/mol. The number of amides is 3. The van der Waals surface area contributed by atoms with E-state index in [2.05, 4.69) is 42.4 Å². The van der Waals surface area contributed by atoms with Crippen LogP contribution in [0.2, 0.25) is 0 Å². The Kier molecular flexibility index (Phi) is 12.9. The summed E-state index contributed by atoms with van der Waals surface area (Å²) in [5.74, 6) is -1.40. The second-order valence-corrected chi connectivity index (χ2v) is 7.77. The summed E-state index contributed by atoms with van der Waals surface area (Å²) in [6, 6.07) is 8.26. The van der Waals surface area contributed by atoms with Crippen molar-refractivity contribution in [3.63, 3.8) is 0 Å². The molecule has 0 heterocycles. The summed E-state index contributed by atoms with van der Waals surface area (Å²) in [4.78, 5) is 37.7. The highest BCUT2D eigenvalue weighted by Crippen LogP contribution is 2.08. The zero-order chi connectivity index (χ0) is 21.5. The van der Waals surface area contributed by atoms with Crippen molar-refractivity contribution in [3.8, 4) is 0 Å². The van der Waals surface area contributed by atoms with Crippen molar-refractivity contribution in [2.75, 3.05) is 13.1 Å². The summed E-state index contributed by atoms with van der Waals surface area (Å²) in [5, 5.41) is 7.44. The number of thiol groups is 1. The Hall–Kier alpha value is -2.02. The molecular weight excluding hydrogens is 386 g/mol. The lowest BCUT2D eigenvalue weighted by molar-refractivity contribution is -0.136. The van der Waals surface area contributed by atoms with Gasteiger partial charge in [0.2, 0.25) is 5.91 Å². The van der Waals surface area contributed by atoms with Gasteiger partial charge in [0, 0.05) is 13.1 Å². The molecule has 0 aliphatic rings. The average Bonchev–Trinajstić information content (AvgIpc) is 2.72. The zero-order valence-corrected chi connectivity index (χ0v) is 18.5. The first-order valence-electron chi connectivity index (χ1n) is 10.6. The standard InChI is InChI=1S/C22H35N3O3S/c1-3-5-10-14-23-21(27)19(22(28)24-15-11-6-4-2)25-20(26)18(29)16-17-12-8-7-9-13-17/h7-9,12-13,18-19,29H,3-6,10-11,14-16H2,1-2H3,(H,23,27)(H,24,28)(H,25,26)/t18-/m0/s1. The molecule has 7 heteroatoms. The Bertz CT molecular complexity index is 601. The predicted molar refractivity (Wildman–Crippen MR) is 120 cm³/mol. The van der Waals surface area contributed by atoms with Gasteiger partial charge in [-0.1, -0.05) is 69.9 Å². The predicted octanol–water partition coefficient (Wildman–Crippen LogP) is 2.63. The van der Waals surface area contributed by atoms with Crippen LogP contribution in [0.1, 0.15) is 57.9 Å². The van der Waals surface area contributed by atoms with E-state index in [1.807, 2.05) is 30.3 Å². The van der Waals surface area contributed by atoms with Gasteiger partial charge in [0.25, 0.3) is 11.8 Å². The minimum absolute atomic E-state index is 0.415. The third kappa shape index (κ3) is 10.4. The Morgan fingerprint density at radius 2 is 1.34 bits per heavy atom. The molecule has 6 nitrogen and oxygen atoms in total. The Balaban J connectivity index is 2.68. The molecule has 1 atom stereocenters. The van der Waals surface area contributed by atoms with Gasteiger partial charge in [-0.25, -0.2) is 0 Å². The SMILES string of the molecule is CCCCCNC(=O)C(NC(=O)[C@@H](S)Cc1ccccc1)C(=O)NCCCCC. The second-order valence-electron chi connectivity index (χ2n) is 7.14. The van der Waals surface area contributed by atoms with Crippen molar-refractivity contribution < 1.29 is 14.4 Å². The smallest absolute Gasteiger partial charge is 0.252 e. The van der Waals surface area contributed by atoms with Crippen LogP contribution in [0.25, 0.3) is 0 Å². The minimum atomic E-state index is -1.25. The van der Waals surface area contributed by atoms with E-state index in [9.17, 15) is 14.4 Å². The van der Waals surface area contributed by atoms with Crippen LogP contribution >= 0.6 is 12.6 Å². The van der Waals surface area contributed by atoms with E-state index < -0.39 is 29.0 Å². The number of benzene rings is 1. The number of hydrogen-bond acceptors (Lipinski definition) is 4. The van der Waals surface area contributed by atoms with E-state index in [4.69, 9.17) is 0 Å². The van der Waals surface area contributed by atoms with Crippen LogP contribution < -0.4 is 16.0 Å². The third-order valence-corrected chi connectivity index (χ3v) is 4.96. The molecule has 3 N–H and O–H groups in total. The van der Waals surface area contributed by atoms with Crippen molar-refractivity contribution in [2.45, 2.75) is 70.1 Å². The Morgan fingerprint density at radius 3 is 1.83 bits per heavy atom. The van der Waals surface area contributed by atoms with Crippen LogP contribution in [0.4, 0.5) is 0 Å². The highest BCUT2D eigenvalue weighted by Gasteiger charge is 2.29. The maximum absolute atomic E-state index is 12.6. The fourth-order valence-electron chi connectivity index (χ4n) is 2.80. The summed E-state index contributed by atoms with van der Waals surface area (Å²) in [5.41, 5.74) is 0.965. The van der Waals surface area contributed by atoms with Gasteiger partial charge in [0.05, 0.1) is 5.25 Å². The van der Waals surface area contributed by atoms with Crippen LogP contribution in [0, 0.1) is 0 Å². The molecule has 0 bridgehead atoms. The summed E-state index contributed by atoms with van der Waals surface area (Å²) in [6.45, 7) is 5.12. The van der Waals surface area contributed by atoms with Crippen molar-refractivity contribution >= 4 is 30.4 Å². The van der Waals surface area contributed by atoms with Crippen LogP contribution in [-0.2, 0) is 20.8 Å². The molecule has 29 heavy (non-hydrogen) atoms. The Morgan fingerprint density at radius 1 is 0.828 bits per heavy atom. The van der Waals surface area contributed by atoms with Crippen molar-refractivity contribution in [2.24, 2.45) is 0 Å². The van der Waals surface area contributed by atoms with Crippen molar-refractivity contribution in [1.82, 2.24) is 16.0 Å². The first-order chi connectivity index (χ1) is 14.0. The molecule has 0 aliphatic carbocycles. The van der Waals surface area contributed by atoms with Crippen LogP contribution in [0.5, 0.6) is 0 Å². The molecule has 1 aromatic carbocycles. The second kappa shape index (κ2) is 14.9. The van der Waals surface area contributed by atoms with E-state index in [1.165, 1.54) is 0 Å². The molecule has 0 saturated heterocycles. The number of rotatable bonds is 14. The molecule has 0 saturated carbocycles. The van der Waals surface area contributed by atoms with E-state index in [0.29, 0.717) is 19.5 Å². The molecule has 3 amide bonds. The van der Waals surface area contributed by atoms with Gasteiger partial charge >= 0.3 is 0 Å². The fourth-order valence-corrected chi connectivity index (χ4v) is 3.08. The van der Waals surface area contributed by atoms with Gasteiger partial charge in [-0.05, 0) is 24.8 Å². The quantitative estimate of drug-likeness (QED) is 0.212. The highest BCUT2D eigenvalue weighted by molar-refractivity contribution is 7.81. The molecule has 1 rings (SSSR count). The van der Waals surface area contributed by atoms with Gasteiger partial charge in [0.1, 0.15) is 0 Å². The van der Waals surface area contributed by atoms with Gasteiger partial charge in [0.15, 0.2) is 6.04 Å². The van der Waals surface area contributed by atoms with Crippen molar-refractivity contribution in [1.29, 1.82) is 0 Å². The molecule has 0 aromatic heterocycles. The lowest BCUT2D eigenvalue weighted by Crippen LogP contribution is -2.56. The molecule has 1 aromatic rings. The molecule has 0 radical (unpaired) electrons. The van der Waals surface area contributed by atoms with Crippen molar-refractivity contribution in [3.05, 3.63) is 35.9 Å². The third-order valence-electron chi connectivity index (χ3n) is 4.54. The molecular formula is C22H35N3O3S. The maximum Gasteiger partial charge on any atom is 0.252 e. The molecule has 0 unspecified atom stereocenters. The largest absolute Gasteiger partial charge is 0.354 e. The number of carbonyl (C=O) groups excluding carboxylic acids is 3. The fraction of sp³-hybridized carbons (Fsp3) is 0.591. The van der Waals surface area contributed by atoms with E-state index in [-0.39, 0.29) is 0 Å². The normalized spacial score (nSPS) is 11.7. The van der Waals surface area contributed by atoms with E-state index in [0.717, 1.165) is 44.1 Å². The van der Waals surface area contributed by atoms with Gasteiger partial charge in [-0.2, -0.15) is 12.6 Å². The lowest BCUT2D eigenvalue weighted by Gasteiger charge is -2.20. The number of unbranched alkanes of at least 4 members (excludes halogenated alkanes) is 4. The topological polar surface area (TPSA) is 87.3 Å². The number of nitrogens with one attached hydrogen (secondary N) is 3. The van der Waals surface area contributed by atoms with Gasteiger partial charge in [-0.15, -0.1) is 0 Å². The average molecular weight is 422 g/mol. The summed E-state index contributed by atoms with van der Waals surface area (Å²) < 4.78 is 0.